The highest BCUT2D eigenvalue weighted by atomic mass is 14.6. The van der Waals surface area contributed by atoms with Gasteiger partial charge in [-0.25, -0.2) is 0 Å². The van der Waals surface area contributed by atoms with Gasteiger partial charge >= 0.3 is 0 Å². The van der Waals surface area contributed by atoms with E-state index in [1.165, 1.54) is 25.7 Å². The summed E-state index contributed by atoms with van der Waals surface area (Å²) in [6, 6.07) is 0. The zero-order valence-corrected chi connectivity index (χ0v) is 10.1. The van der Waals surface area contributed by atoms with Crippen LogP contribution in [0.3, 0.4) is 0 Å². The van der Waals surface area contributed by atoms with Crippen molar-refractivity contribution in [3.63, 3.8) is 0 Å². The van der Waals surface area contributed by atoms with E-state index < -0.39 is 0 Å². The monoisotopic (exact) mass is 182 g/mol. The van der Waals surface area contributed by atoms with Crippen LogP contribution >= 0.6 is 0 Å². The maximum absolute atomic E-state index is 2.52. The minimum absolute atomic E-state index is 0.694. The first-order valence-electron chi connectivity index (χ1n) is 6.12. The van der Waals surface area contributed by atoms with Crippen LogP contribution in [0, 0.1) is 23.2 Å². The highest BCUT2D eigenvalue weighted by molar-refractivity contribution is 5.07. The van der Waals surface area contributed by atoms with Crippen LogP contribution in [0.15, 0.2) is 0 Å². The van der Waals surface area contributed by atoms with E-state index in [0.29, 0.717) is 5.41 Å². The highest BCUT2D eigenvalue weighted by Crippen LogP contribution is 2.65. The molecule has 0 aliphatic heterocycles. The molecular weight excluding hydrogens is 156 g/mol. The molecule has 1 fully saturated rings. The summed E-state index contributed by atoms with van der Waals surface area (Å²) in [6.07, 6.45) is 5.56. The summed E-state index contributed by atoms with van der Waals surface area (Å²) in [7, 11) is 0. The summed E-state index contributed by atoms with van der Waals surface area (Å²) in [6.45, 7) is 12.0. The van der Waals surface area contributed by atoms with Gasteiger partial charge in [0.1, 0.15) is 0 Å². The second-order valence-corrected chi connectivity index (χ2v) is 5.06. The molecule has 0 bridgehead atoms. The van der Waals surface area contributed by atoms with Crippen LogP contribution in [0.4, 0.5) is 0 Å². The zero-order chi connectivity index (χ0) is 10.1. The van der Waals surface area contributed by atoms with Crippen molar-refractivity contribution in [2.45, 2.75) is 60.3 Å². The first kappa shape index (κ1) is 11.1. The molecule has 0 N–H and O–H groups in total. The molecule has 78 valence electrons. The molecule has 4 unspecified atom stereocenters. The summed E-state index contributed by atoms with van der Waals surface area (Å²) in [5.41, 5.74) is 0.694. The SMILES string of the molecule is CCCC(CC)C1(C)C(C)C1CC. The van der Waals surface area contributed by atoms with E-state index in [-0.39, 0.29) is 0 Å². The standard InChI is InChI=1S/C13H26/c1-6-9-11(7-2)13(5)10(4)12(13)8-3/h10-12H,6-9H2,1-5H3. The van der Waals surface area contributed by atoms with Crippen molar-refractivity contribution in [2.24, 2.45) is 23.2 Å². The third-order valence-electron chi connectivity index (χ3n) is 4.72. The lowest BCUT2D eigenvalue weighted by Gasteiger charge is -2.23. The Morgan fingerprint density at radius 3 is 2.15 bits per heavy atom. The second-order valence-electron chi connectivity index (χ2n) is 5.06. The Bertz CT molecular complexity index is 161. The second kappa shape index (κ2) is 4.02. The Morgan fingerprint density at radius 1 is 1.23 bits per heavy atom. The lowest BCUT2D eigenvalue weighted by atomic mass is 9.82. The van der Waals surface area contributed by atoms with E-state index in [1.54, 1.807) is 0 Å². The summed E-state index contributed by atoms with van der Waals surface area (Å²) >= 11 is 0. The Hall–Kier alpha value is 0. The van der Waals surface area contributed by atoms with Gasteiger partial charge in [-0.1, -0.05) is 60.3 Å². The molecule has 0 aromatic heterocycles. The lowest BCUT2D eigenvalue weighted by molar-refractivity contribution is 0.261. The van der Waals surface area contributed by atoms with Crippen LogP contribution in [0.5, 0.6) is 0 Å². The molecule has 0 spiro atoms. The molecule has 0 heteroatoms. The topological polar surface area (TPSA) is 0 Å². The minimum Gasteiger partial charge on any atom is -0.0654 e. The van der Waals surface area contributed by atoms with Crippen LogP contribution in [0.25, 0.3) is 0 Å². The van der Waals surface area contributed by atoms with Gasteiger partial charge in [0.25, 0.3) is 0 Å². The van der Waals surface area contributed by atoms with Gasteiger partial charge in [-0.15, -0.1) is 0 Å². The molecule has 13 heavy (non-hydrogen) atoms. The van der Waals surface area contributed by atoms with Gasteiger partial charge < -0.3 is 0 Å². The van der Waals surface area contributed by atoms with E-state index in [4.69, 9.17) is 0 Å². The molecule has 0 radical (unpaired) electrons. The van der Waals surface area contributed by atoms with Crippen LogP contribution in [-0.2, 0) is 0 Å². The van der Waals surface area contributed by atoms with Gasteiger partial charge in [0.05, 0.1) is 0 Å². The first-order valence-corrected chi connectivity index (χ1v) is 6.12. The largest absolute Gasteiger partial charge is 0.0654 e. The molecule has 4 atom stereocenters. The van der Waals surface area contributed by atoms with Crippen molar-refractivity contribution in [1.29, 1.82) is 0 Å². The van der Waals surface area contributed by atoms with E-state index in [2.05, 4.69) is 34.6 Å². The zero-order valence-electron chi connectivity index (χ0n) is 10.1. The Labute approximate surface area is 84.1 Å². The van der Waals surface area contributed by atoms with Gasteiger partial charge in [-0.05, 0) is 23.2 Å². The highest BCUT2D eigenvalue weighted by Gasteiger charge is 2.59. The van der Waals surface area contributed by atoms with E-state index in [1.807, 2.05) is 0 Å². The Balaban J connectivity index is 2.58. The molecule has 0 heterocycles. The van der Waals surface area contributed by atoms with Crippen molar-refractivity contribution >= 4 is 0 Å². The van der Waals surface area contributed by atoms with Crippen LogP contribution in [0.1, 0.15) is 60.3 Å². The fourth-order valence-corrected chi connectivity index (χ4v) is 3.63. The summed E-state index contributed by atoms with van der Waals surface area (Å²) < 4.78 is 0. The molecule has 0 aromatic carbocycles. The maximum atomic E-state index is 2.52. The van der Waals surface area contributed by atoms with Gasteiger partial charge in [-0.2, -0.15) is 0 Å². The Morgan fingerprint density at radius 2 is 1.85 bits per heavy atom. The fraction of sp³-hybridized carbons (Fsp3) is 1.00. The average molecular weight is 182 g/mol. The summed E-state index contributed by atoms with van der Waals surface area (Å²) in [5.74, 6) is 2.98. The predicted octanol–water partition coefficient (Wildman–Crippen LogP) is 4.49. The molecule has 0 nitrogen and oxygen atoms in total. The third-order valence-corrected chi connectivity index (χ3v) is 4.72. The number of hydrogen-bond acceptors (Lipinski definition) is 0. The van der Waals surface area contributed by atoms with Gasteiger partial charge in [-0.3, -0.25) is 0 Å². The van der Waals surface area contributed by atoms with E-state index in [0.717, 1.165) is 17.8 Å². The molecule has 1 aliphatic carbocycles. The summed E-state index contributed by atoms with van der Waals surface area (Å²) in [5, 5.41) is 0. The minimum atomic E-state index is 0.694. The first-order chi connectivity index (χ1) is 6.12. The van der Waals surface area contributed by atoms with Gasteiger partial charge in [0.15, 0.2) is 0 Å². The fourth-order valence-electron chi connectivity index (χ4n) is 3.63. The lowest BCUT2D eigenvalue weighted by Crippen LogP contribution is -2.15. The van der Waals surface area contributed by atoms with Crippen molar-refractivity contribution < 1.29 is 0 Å². The van der Waals surface area contributed by atoms with Crippen LogP contribution in [0.2, 0.25) is 0 Å². The predicted molar refractivity (Wildman–Crippen MR) is 59.7 cm³/mol. The molecule has 0 amide bonds. The van der Waals surface area contributed by atoms with Crippen LogP contribution < -0.4 is 0 Å². The molecule has 0 saturated heterocycles. The van der Waals surface area contributed by atoms with Crippen LogP contribution in [-0.4, -0.2) is 0 Å². The molecule has 0 aromatic rings. The van der Waals surface area contributed by atoms with Crippen molar-refractivity contribution in [2.75, 3.05) is 0 Å². The van der Waals surface area contributed by atoms with Crippen molar-refractivity contribution in [3.8, 4) is 0 Å². The van der Waals surface area contributed by atoms with Crippen molar-refractivity contribution in [3.05, 3.63) is 0 Å². The number of hydrogen-bond donors (Lipinski definition) is 0. The Kier molecular flexibility index (Phi) is 3.43. The van der Waals surface area contributed by atoms with Gasteiger partial charge in [0, 0.05) is 0 Å². The quantitative estimate of drug-likeness (QED) is 0.587. The van der Waals surface area contributed by atoms with E-state index in [9.17, 15) is 0 Å². The molecule has 1 aliphatic rings. The molecule has 1 saturated carbocycles. The maximum Gasteiger partial charge on any atom is -0.0238 e. The van der Waals surface area contributed by atoms with Gasteiger partial charge in [0.2, 0.25) is 0 Å². The average Bonchev–Trinajstić information content (AvgIpc) is 2.66. The normalized spacial score (nSPS) is 40.4. The smallest absolute Gasteiger partial charge is 0.0238 e. The van der Waals surface area contributed by atoms with Crippen molar-refractivity contribution in [1.82, 2.24) is 0 Å². The molecule has 1 rings (SSSR count). The van der Waals surface area contributed by atoms with E-state index >= 15 is 0 Å². The molecular formula is C13H26. The number of rotatable bonds is 5. The summed E-state index contributed by atoms with van der Waals surface area (Å²) in [4.78, 5) is 0. The third kappa shape index (κ3) is 1.65.